The van der Waals surface area contributed by atoms with Crippen LogP contribution in [0.1, 0.15) is 10.4 Å². The van der Waals surface area contributed by atoms with E-state index >= 15 is 0 Å². The number of carbonyl (C=O) groups is 1. The molecule has 0 spiro atoms. The highest BCUT2D eigenvalue weighted by atomic mass is 16.4. The molecule has 0 aliphatic heterocycles. The van der Waals surface area contributed by atoms with Crippen molar-refractivity contribution in [1.82, 2.24) is 0 Å². The molecule has 0 amide bonds. The summed E-state index contributed by atoms with van der Waals surface area (Å²) in [5.74, 6) is -0.912. The van der Waals surface area contributed by atoms with Gasteiger partial charge in [-0.15, -0.1) is 0 Å². The van der Waals surface area contributed by atoms with Gasteiger partial charge in [-0.05, 0) is 46.5 Å². The predicted octanol–water partition coefficient (Wildman–Crippen LogP) is 4.30. The molecule has 0 unspecified atom stereocenters. The third-order valence-corrected chi connectivity index (χ3v) is 3.59. The summed E-state index contributed by atoms with van der Waals surface area (Å²) in [6.07, 6.45) is 0. The van der Waals surface area contributed by atoms with Crippen LogP contribution in [-0.2, 0) is 0 Å². The van der Waals surface area contributed by atoms with Gasteiger partial charge in [0, 0.05) is 5.69 Å². The fourth-order valence-corrected chi connectivity index (χ4v) is 2.34. The van der Waals surface area contributed by atoms with Crippen LogP contribution < -0.4 is 5.73 Å². The molecule has 0 aliphatic carbocycles. The van der Waals surface area contributed by atoms with Crippen molar-refractivity contribution in [2.24, 2.45) is 0 Å². The third kappa shape index (κ3) is 2.83. The van der Waals surface area contributed by atoms with Crippen LogP contribution in [0.4, 0.5) is 5.69 Å². The molecule has 0 heterocycles. The highest BCUT2D eigenvalue weighted by molar-refractivity contribution is 5.88. The van der Waals surface area contributed by atoms with E-state index in [1.165, 1.54) is 0 Å². The number of hydrogen-bond donors (Lipinski definition) is 2. The second kappa shape index (κ2) is 5.74. The van der Waals surface area contributed by atoms with Crippen molar-refractivity contribution in [3.63, 3.8) is 0 Å². The van der Waals surface area contributed by atoms with Gasteiger partial charge in [-0.1, -0.05) is 48.5 Å². The largest absolute Gasteiger partial charge is 0.478 e. The molecule has 3 aromatic rings. The van der Waals surface area contributed by atoms with Crippen LogP contribution in [0, 0.1) is 0 Å². The normalized spacial score (nSPS) is 10.4. The predicted molar refractivity (Wildman–Crippen MR) is 88.7 cm³/mol. The minimum absolute atomic E-state index is 0.294. The lowest BCUT2D eigenvalue weighted by molar-refractivity contribution is 0.0697. The Labute approximate surface area is 128 Å². The topological polar surface area (TPSA) is 63.3 Å². The molecule has 22 heavy (non-hydrogen) atoms. The number of carboxylic acid groups (broad SMARTS) is 1. The molecule has 0 saturated carbocycles. The van der Waals surface area contributed by atoms with Crippen LogP contribution in [0.3, 0.4) is 0 Å². The molecule has 0 fully saturated rings. The highest BCUT2D eigenvalue weighted by Crippen LogP contribution is 2.25. The van der Waals surface area contributed by atoms with Crippen molar-refractivity contribution in [2.75, 3.05) is 5.73 Å². The van der Waals surface area contributed by atoms with Crippen LogP contribution in [-0.4, -0.2) is 11.1 Å². The Morgan fingerprint density at radius 1 is 0.636 bits per heavy atom. The summed E-state index contributed by atoms with van der Waals surface area (Å²) in [6, 6.07) is 22.8. The van der Waals surface area contributed by atoms with Gasteiger partial charge in [0.05, 0.1) is 5.56 Å². The van der Waals surface area contributed by atoms with Gasteiger partial charge in [-0.25, -0.2) is 4.79 Å². The van der Waals surface area contributed by atoms with Crippen molar-refractivity contribution < 1.29 is 9.90 Å². The van der Waals surface area contributed by atoms with Crippen molar-refractivity contribution >= 4 is 11.7 Å². The Hall–Kier alpha value is -3.07. The van der Waals surface area contributed by atoms with E-state index in [2.05, 4.69) is 0 Å². The number of aromatic carboxylic acids is 1. The lowest BCUT2D eigenvalue weighted by Gasteiger charge is -2.06. The quantitative estimate of drug-likeness (QED) is 0.706. The first-order valence-electron chi connectivity index (χ1n) is 6.93. The molecular weight excluding hydrogens is 274 g/mol. The summed E-state index contributed by atoms with van der Waals surface area (Å²) in [5, 5.41) is 8.92. The molecule has 0 atom stereocenters. The minimum Gasteiger partial charge on any atom is -0.478 e. The number of anilines is 1. The van der Waals surface area contributed by atoms with Crippen LogP contribution in [0.15, 0.2) is 72.8 Å². The van der Waals surface area contributed by atoms with Crippen molar-refractivity contribution in [3.05, 3.63) is 78.4 Å². The SMILES string of the molecule is Nc1ccc(-c2ccc(-c3ccc(C(=O)O)cc3)cc2)cc1. The van der Waals surface area contributed by atoms with Crippen molar-refractivity contribution in [1.29, 1.82) is 0 Å². The Morgan fingerprint density at radius 2 is 0.955 bits per heavy atom. The molecule has 3 N–H and O–H groups in total. The van der Waals surface area contributed by atoms with E-state index in [0.29, 0.717) is 5.56 Å². The number of rotatable bonds is 3. The molecule has 3 aromatic carbocycles. The molecule has 3 heteroatoms. The first-order chi connectivity index (χ1) is 10.6. The van der Waals surface area contributed by atoms with Crippen LogP contribution >= 0.6 is 0 Å². The monoisotopic (exact) mass is 289 g/mol. The van der Waals surface area contributed by atoms with E-state index < -0.39 is 5.97 Å². The van der Waals surface area contributed by atoms with Gasteiger partial charge >= 0.3 is 5.97 Å². The van der Waals surface area contributed by atoms with Gasteiger partial charge < -0.3 is 10.8 Å². The molecule has 0 aromatic heterocycles. The molecule has 0 aliphatic rings. The summed E-state index contributed by atoms with van der Waals surface area (Å²) < 4.78 is 0. The smallest absolute Gasteiger partial charge is 0.335 e. The van der Waals surface area contributed by atoms with Gasteiger partial charge in [-0.2, -0.15) is 0 Å². The molecule has 0 radical (unpaired) electrons. The lowest BCUT2D eigenvalue weighted by atomic mass is 9.99. The average molecular weight is 289 g/mol. The molecule has 0 bridgehead atoms. The van der Waals surface area contributed by atoms with Crippen LogP contribution in [0.25, 0.3) is 22.3 Å². The fraction of sp³-hybridized carbons (Fsp3) is 0. The van der Waals surface area contributed by atoms with Gasteiger partial charge in [0.15, 0.2) is 0 Å². The summed E-state index contributed by atoms with van der Waals surface area (Å²) in [6.45, 7) is 0. The number of carboxylic acids is 1. The van der Waals surface area contributed by atoms with Gasteiger partial charge in [0.2, 0.25) is 0 Å². The van der Waals surface area contributed by atoms with E-state index in [4.69, 9.17) is 10.8 Å². The molecule has 0 saturated heterocycles. The maximum atomic E-state index is 10.9. The third-order valence-electron chi connectivity index (χ3n) is 3.59. The Bertz CT molecular complexity index is 788. The van der Waals surface area contributed by atoms with E-state index in [0.717, 1.165) is 27.9 Å². The number of nitrogens with two attached hydrogens (primary N) is 1. The first kappa shape index (κ1) is 13.9. The van der Waals surface area contributed by atoms with E-state index in [-0.39, 0.29) is 0 Å². The summed E-state index contributed by atoms with van der Waals surface area (Å²) in [7, 11) is 0. The second-order valence-electron chi connectivity index (χ2n) is 5.08. The Balaban J connectivity index is 1.87. The molecule has 3 nitrogen and oxygen atoms in total. The number of benzene rings is 3. The van der Waals surface area contributed by atoms with Gasteiger partial charge in [0.25, 0.3) is 0 Å². The maximum Gasteiger partial charge on any atom is 0.335 e. The van der Waals surface area contributed by atoms with Crippen molar-refractivity contribution in [2.45, 2.75) is 0 Å². The van der Waals surface area contributed by atoms with E-state index in [1.807, 2.05) is 60.7 Å². The summed E-state index contributed by atoms with van der Waals surface area (Å²) >= 11 is 0. The first-order valence-corrected chi connectivity index (χ1v) is 6.93. The van der Waals surface area contributed by atoms with E-state index in [1.54, 1.807) is 12.1 Å². The highest BCUT2D eigenvalue weighted by Gasteiger charge is 2.04. The van der Waals surface area contributed by atoms with Crippen LogP contribution in [0.5, 0.6) is 0 Å². The fourth-order valence-electron chi connectivity index (χ4n) is 2.34. The average Bonchev–Trinajstić information content (AvgIpc) is 2.56. The Morgan fingerprint density at radius 3 is 1.32 bits per heavy atom. The number of hydrogen-bond acceptors (Lipinski definition) is 2. The van der Waals surface area contributed by atoms with Gasteiger partial charge in [-0.3, -0.25) is 0 Å². The molecular formula is C19H15NO2. The lowest BCUT2D eigenvalue weighted by Crippen LogP contribution is -1.94. The number of nitrogen functional groups attached to an aromatic ring is 1. The minimum atomic E-state index is -0.912. The zero-order valence-corrected chi connectivity index (χ0v) is 11.9. The molecule has 108 valence electrons. The standard InChI is InChI=1S/C19H15NO2/c20-18-11-9-16(10-12-18)14-3-1-13(2-4-14)15-5-7-17(8-6-15)19(21)22/h1-12H,20H2,(H,21,22). The summed E-state index contributed by atoms with van der Waals surface area (Å²) in [5.41, 5.74) is 11.0. The second-order valence-corrected chi connectivity index (χ2v) is 5.08. The zero-order valence-electron chi connectivity index (χ0n) is 11.9. The summed E-state index contributed by atoms with van der Waals surface area (Å²) in [4.78, 5) is 10.9. The van der Waals surface area contributed by atoms with Crippen LogP contribution in [0.2, 0.25) is 0 Å². The van der Waals surface area contributed by atoms with E-state index in [9.17, 15) is 4.79 Å². The van der Waals surface area contributed by atoms with Crippen molar-refractivity contribution in [3.8, 4) is 22.3 Å². The maximum absolute atomic E-state index is 10.9. The zero-order chi connectivity index (χ0) is 15.5. The van der Waals surface area contributed by atoms with Gasteiger partial charge in [0.1, 0.15) is 0 Å². The molecule has 3 rings (SSSR count). The Kier molecular flexibility index (Phi) is 3.62.